The van der Waals surface area contributed by atoms with Crippen molar-refractivity contribution in [1.82, 2.24) is 0 Å². The number of rotatable bonds is 4. The van der Waals surface area contributed by atoms with Gasteiger partial charge in [-0.3, -0.25) is 10.8 Å². The van der Waals surface area contributed by atoms with Crippen LogP contribution in [0.3, 0.4) is 0 Å². The molecule has 116 valence electrons. The van der Waals surface area contributed by atoms with E-state index in [2.05, 4.69) is 21.7 Å². The Kier molecular flexibility index (Phi) is 4.21. The Labute approximate surface area is 139 Å². The number of nitrogens with one attached hydrogen (secondary N) is 2. The van der Waals surface area contributed by atoms with E-state index in [9.17, 15) is 0 Å². The number of nitrogens with two attached hydrogens (primary N) is 1. The van der Waals surface area contributed by atoms with Crippen molar-refractivity contribution < 1.29 is 0 Å². The predicted octanol–water partition coefficient (Wildman–Crippen LogP) is 4.22. The topological polar surface area (TPSA) is 86.6 Å². The summed E-state index contributed by atoms with van der Waals surface area (Å²) in [5.74, 6) is 2.60. The van der Waals surface area contributed by atoms with Crippen LogP contribution in [0.5, 0.6) is 0 Å². The van der Waals surface area contributed by atoms with Gasteiger partial charge in [0.1, 0.15) is 5.84 Å². The third-order valence-corrected chi connectivity index (χ3v) is 3.56. The molecule has 3 rings (SSSR count). The van der Waals surface area contributed by atoms with Gasteiger partial charge >= 0.3 is 0 Å². The van der Waals surface area contributed by atoms with Crippen molar-refractivity contribution in [2.24, 2.45) is 16.1 Å². The molecule has 0 aliphatic carbocycles. The van der Waals surface area contributed by atoms with Gasteiger partial charge in [0, 0.05) is 16.5 Å². The first-order valence-electron chi connectivity index (χ1n) is 7.28. The maximum Gasteiger partial charge on any atom is 0.123 e. The molecule has 0 aliphatic heterocycles. The van der Waals surface area contributed by atoms with Crippen molar-refractivity contribution in [3.8, 4) is 12.3 Å². The van der Waals surface area contributed by atoms with Crippen molar-refractivity contribution in [2.45, 2.75) is 0 Å². The normalized spacial score (nSPS) is 10.6. The molecule has 0 spiro atoms. The van der Waals surface area contributed by atoms with E-state index in [-0.39, 0.29) is 5.84 Å². The van der Waals surface area contributed by atoms with Crippen LogP contribution in [0.4, 0.5) is 11.4 Å². The van der Waals surface area contributed by atoms with Gasteiger partial charge in [-0.1, -0.05) is 41.5 Å². The molecule has 0 heterocycles. The van der Waals surface area contributed by atoms with Crippen molar-refractivity contribution in [2.75, 3.05) is 5.43 Å². The van der Waals surface area contributed by atoms with E-state index in [0.29, 0.717) is 11.3 Å². The molecule has 0 unspecified atom stereocenters. The summed E-state index contributed by atoms with van der Waals surface area (Å²) in [5.41, 5.74) is 11.4. The van der Waals surface area contributed by atoms with Gasteiger partial charge < -0.3 is 5.73 Å². The van der Waals surface area contributed by atoms with E-state index in [1.807, 2.05) is 48.5 Å². The smallest absolute Gasteiger partial charge is 0.123 e. The Bertz CT molecular complexity index is 982. The summed E-state index contributed by atoms with van der Waals surface area (Å²) in [5, 5.41) is 17.7. The van der Waals surface area contributed by atoms with Crippen LogP contribution >= 0.6 is 0 Å². The Morgan fingerprint density at radius 2 is 1.83 bits per heavy atom. The molecular weight excluding hydrogens is 298 g/mol. The van der Waals surface area contributed by atoms with E-state index >= 15 is 0 Å². The fourth-order valence-electron chi connectivity index (χ4n) is 2.42. The minimum absolute atomic E-state index is 0.0268. The Hall–Kier alpha value is -3.65. The van der Waals surface area contributed by atoms with Crippen molar-refractivity contribution >= 4 is 28.0 Å². The number of hydrogen-bond acceptors (Lipinski definition) is 3. The average Bonchev–Trinajstić information content (AvgIpc) is 2.61. The highest BCUT2D eigenvalue weighted by Crippen LogP contribution is 2.29. The summed E-state index contributed by atoms with van der Waals surface area (Å²) in [6, 6.07) is 18.6. The van der Waals surface area contributed by atoms with Crippen LogP contribution in [0, 0.1) is 17.8 Å². The highest BCUT2D eigenvalue weighted by molar-refractivity contribution is 6.10. The van der Waals surface area contributed by atoms with Gasteiger partial charge in [0.05, 0.1) is 11.4 Å². The van der Waals surface area contributed by atoms with Crippen LogP contribution in [0.1, 0.15) is 11.1 Å². The van der Waals surface area contributed by atoms with Crippen LogP contribution in [0.25, 0.3) is 10.8 Å². The third kappa shape index (κ3) is 3.08. The Morgan fingerprint density at radius 3 is 2.58 bits per heavy atom. The number of terminal acetylenes is 1. The van der Waals surface area contributed by atoms with Crippen LogP contribution in [-0.2, 0) is 0 Å². The molecule has 0 aliphatic rings. The minimum atomic E-state index is 0.0268. The first-order chi connectivity index (χ1) is 11.7. The molecule has 3 aromatic rings. The van der Waals surface area contributed by atoms with Crippen molar-refractivity contribution in [3.05, 3.63) is 71.8 Å². The second-order valence-electron chi connectivity index (χ2n) is 5.13. The number of nitrogens with zero attached hydrogens (tertiary/aromatic N) is 2. The molecule has 5 nitrogen and oxygen atoms in total. The van der Waals surface area contributed by atoms with E-state index in [1.165, 1.54) is 0 Å². The number of nitrogen functional groups attached to an aromatic ring is 1. The first kappa shape index (κ1) is 15.3. The van der Waals surface area contributed by atoms with E-state index in [1.54, 1.807) is 12.1 Å². The molecule has 0 saturated heterocycles. The lowest BCUT2D eigenvalue weighted by atomic mass is 10.0. The molecule has 4 N–H and O–H groups in total. The summed E-state index contributed by atoms with van der Waals surface area (Å²) < 4.78 is 0. The van der Waals surface area contributed by atoms with Crippen LogP contribution in [-0.4, -0.2) is 5.84 Å². The lowest BCUT2D eigenvalue weighted by Crippen LogP contribution is -2.11. The van der Waals surface area contributed by atoms with Crippen LogP contribution in [0.2, 0.25) is 0 Å². The van der Waals surface area contributed by atoms with E-state index in [4.69, 9.17) is 17.6 Å². The molecule has 0 saturated carbocycles. The lowest BCUT2D eigenvalue weighted by Gasteiger charge is -2.07. The standard InChI is InChI=1S/C19H15N5/c1-2-13-6-5-7-14(12-13)22-24-23-18-11-10-17(19(20)21)15-8-3-4-9-16(15)18/h1,3-12H,(H3,20,21)(H,22,23). The Balaban J connectivity index is 1.91. The zero-order valence-corrected chi connectivity index (χ0v) is 12.8. The zero-order chi connectivity index (χ0) is 16.9. The predicted molar refractivity (Wildman–Crippen MR) is 97.5 cm³/mol. The molecule has 0 bridgehead atoms. The summed E-state index contributed by atoms with van der Waals surface area (Å²) in [4.78, 5) is 0. The second-order valence-corrected chi connectivity index (χ2v) is 5.13. The van der Waals surface area contributed by atoms with Gasteiger partial charge in [0.15, 0.2) is 0 Å². The minimum Gasteiger partial charge on any atom is -0.384 e. The van der Waals surface area contributed by atoms with Crippen LogP contribution in [0.15, 0.2) is 71.0 Å². The average molecular weight is 313 g/mol. The number of benzene rings is 3. The van der Waals surface area contributed by atoms with Crippen molar-refractivity contribution in [1.29, 1.82) is 5.41 Å². The highest BCUT2D eigenvalue weighted by atomic mass is 15.4. The molecule has 0 fully saturated rings. The summed E-state index contributed by atoms with van der Waals surface area (Å²) in [7, 11) is 0. The number of hydrogen-bond donors (Lipinski definition) is 3. The Morgan fingerprint density at radius 1 is 1.04 bits per heavy atom. The van der Waals surface area contributed by atoms with E-state index in [0.717, 1.165) is 22.0 Å². The van der Waals surface area contributed by atoms with Gasteiger partial charge in [0.25, 0.3) is 0 Å². The van der Waals surface area contributed by atoms with Crippen LogP contribution < -0.4 is 11.2 Å². The molecule has 0 aromatic heterocycles. The fourth-order valence-corrected chi connectivity index (χ4v) is 2.42. The quantitative estimate of drug-likeness (QED) is 0.221. The summed E-state index contributed by atoms with van der Waals surface area (Å²) in [6.45, 7) is 0. The van der Waals surface area contributed by atoms with Gasteiger partial charge in [0.2, 0.25) is 0 Å². The first-order valence-corrected chi connectivity index (χ1v) is 7.28. The maximum absolute atomic E-state index is 7.67. The number of fused-ring (bicyclic) bond motifs is 1. The fraction of sp³-hybridized carbons (Fsp3) is 0. The molecule has 5 heteroatoms. The second kappa shape index (κ2) is 6.63. The third-order valence-electron chi connectivity index (χ3n) is 3.56. The SMILES string of the molecule is C#Cc1cccc(N/N=N/c2ccc(C(=N)N)c3ccccc23)c1. The summed E-state index contributed by atoms with van der Waals surface area (Å²) >= 11 is 0. The zero-order valence-electron chi connectivity index (χ0n) is 12.8. The molecular formula is C19H15N5. The maximum atomic E-state index is 7.67. The number of amidine groups is 1. The molecule has 0 radical (unpaired) electrons. The van der Waals surface area contributed by atoms with Gasteiger partial charge in [-0.15, -0.1) is 11.5 Å². The van der Waals surface area contributed by atoms with E-state index < -0.39 is 0 Å². The van der Waals surface area contributed by atoms with Gasteiger partial charge in [-0.05, 0) is 35.7 Å². The monoisotopic (exact) mass is 313 g/mol. The lowest BCUT2D eigenvalue weighted by molar-refractivity contribution is 1.14. The van der Waals surface area contributed by atoms with Crippen molar-refractivity contribution in [3.63, 3.8) is 0 Å². The molecule has 0 amide bonds. The molecule has 24 heavy (non-hydrogen) atoms. The van der Waals surface area contributed by atoms with Gasteiger partial charge in [-0.25, -0.2) is 0 Å². The van der Waals surface area contributed by atoms with Gasteiger partial charge in [-0.2, -0.15) is 0 Å². The number of anilines is 1. The molecule has 3 aromatic carbocycles. The molecule has 0 atom stereocenters. The highest BCUT2D eigenvalue weighted by Gasteiger charge is 2.07. The summed E-state index contributed by atoms with van der Waals surface area (Å²) in [6.07, 6.45) is 5.38. The largest absolute Gasteiger partial charge is 0.384 e.